The molecule has 0 fully saturated rings. The SMILES string of the molecule is CC(=NCc1ccccn1)c1ccc[nH]1. The zero-order chi connectivity index (χ0) is 10.5. The third kappa shape index (κ3) is 2.53. The summed E-state index contributed by atoms with van der Waals surface area (Å²) in [7, 11) is 0. The number of aromatic amines is 1. The van der Waals surface area contributed by atoms with Gasteiger partial charge in [0.05, 0.1) is 23.6 Å². The molecule has 0 amide bonds. The van der Waals surface area contributed by atoms with E-state index in [-0.39, 0.29) is 0 Å². The molecule has 2 rings (SSSR count). The Morgan fingerprint density at radius 3 is 2.93 bits per heavy atom. The molecular formula is C12H13N3. The van der Waals surface area contributed by atoms with Crippen LogP contribution in [0, 0.1) is 0 Å². The second-order valence-electron chi connectivity index (χ2n) is 3.31. The molecule has 0 saturated carbocycles. The average molecular weight is 199 g/mol. The van der Waals surface area contributed by atoms with Gasteiger partial charge in [0.1, 0.15) is 0 Å². The molecule has 3 heteroatoms. The Labute approximate surface area is 88.9 Å². The second-order valence-corrected chi connectivity index (χ2v) is 3.31. The Balaban J connectivity index is 2.06. The maximum atomic E-state index is 4.46. The maximum absolute atomic E-state index is 4.46. The summed E-state index contributed by atoms with van der Waals surface area (Å²) in [6.45, 7) is 2.63. The molecule has 3 nitrogen and oxygen atoms in total. The van der Waals surface area contributed by atoms with Gasteiger partial charge in [0.2, 0.25) is 0 Å². The molecule has 0 atom stereocenters. The second kappa shape index (κ2) is 4.55. The average Bonchev–Trinajstić information content (AvgIpc) is 2.81. The highest BCUT2D eigenvalue weighted by atomic mass is 14.8. The monoisotopic (exact) mass is 199 g/mol. The Bertz CT molecular complexity index is 429. The van der Waals surface area contributed by atoms with Crippen molar-refractivity contribution in [1.82, 2.24) is 9.97 Å². The van der Waals surface area contributed by atoms with Crippen LogP contribution in [0.15, 0.2) is 47.7 Å². The van der Waals surface area contributed by atoms with Crippen LogP contribution >= 0.6 is 0 Å². The first-order chi connectivity index (χ1) is 7.36. The van der Waals surface area contributed by atoms with E-state index in [1.165, 1.54) is 0 Å². The van der Waals surface area contributed by atoms with Gasteiger partial charge >= 0.3 is 0 Å². The summed E-state index contributed by atoms with van der Waals surface area (Å²) in [5.41, 5.74) is 3.06. The predicted octanol–water partition coefficient (Wildman–Crippen LogP) is 2.42. The molecule has 76 valence electrons. The molecule has 2 aromatic rings. The topological polar surface area (TPSA) is 41.0 Å². The number of rotatable bonds is 3. The van der Waals surface area contributed by atoms with Crippen LogP contribution in [0.25, 0.3) is 0 Å². The normalized spacial score (nSPS) is 11.7. The molecule has 0 aliphatic rings. The lowest BCUT2D eigenvalue weighted by molar-refractivity contribution is 0.987. The highest BCUT2D eigenvalue weighted by molar-refractivity contribution is 5.96. The van der Waals surface area contributed by atoms with Gasteiger partial charge in [0.15, 0.2) is 0 Å². The Hall–Kier alpha value is -1.90. The summed E-state index contributed by atoms with van der Waals surface area (Å²) in [6, 6.07) is 9.84. The van der Waals surface area contributed by atoms with Crippen LogP contribution < -0.4 is 0 Å². The van der Waals surface area contributed by atoms with Gasteiger partial charge in [-0.3, -0.25) is 9.98 Å². The van der Waals surface area contributed by atoms with E-state index < -0.39 is 0 Å². The zero-order valence-electron chi connectivity index (χ0n) is 8.64. The van der Waals surface area contributed by atoms with E-state index in [0.29, 0.717) is 6.54 Å². The molecule has 0 unspecified atom stereocenters. The fraction of sp³-hybridized carbons (Fsp3) is 0.167. The molecule has 0 spiro atoms. The van der Waals surface area contributed by atoms with E-state index in [1.54, 1.807) is 6.20 Å². The zero-order valence-corrected chi connectivity index (χ0v) is 8.64. The molecule has 0 aliphatic carbocycles. The van der Waals surface area contributed by atoms with E-state index in [4.69, 9.17) is 0 Å². The molecule has 1 N–H and O–H groups in total. The predicted molar refractivity (Wildman–Crippen MR) is 60.9 cm³/mol. The summed E-state index contributed by atoms with van der Waals surface area (Å²) in [5.74, 6) is 0. The van der Waals surface area contributed by atoms with Crippen LogP contribution in [-0.4, -0.2) is 15.7 Å². The van der Waals surface area contributed by atoms with Gasteiger partial charge in [0, 0.05) is 12.4 Å². The summed E-state index contributed by atoms with van der Waals surface area (Å²) in [4.78, 5) is 11.8. The van der Waals surface area contributed by atoms with Crippen molar-refractivity contribution in [2.75, 3.05) is 0 Å². The van der Waals surface area contributed by atoms with Gasteiger partial charge in [-0.2, -0.15) is 0 Å². The van der Waals surface area contributed by atoms with Crippen LogP contribution in [0.2, 0.25) is 0 Å². The van der Waals surface area contributed by atoms with E-state index in [0.717, 1.165) is 17.1 Å². The number of aromatic nitrogens is 2. The number of nitrogens with one attached hydrogen (secondary N) is 1. The first-order valence-electron chi connectivity index (χ1n) is 4.91. The van der Waals surface area contributed by atoms with E-state index >= 15 is 0 Å². The molecule has 0 radical (unpaired) electrons. The lowest BCUT2D eigenvalue weighted by atomic mass is 10.3. The number of hydrogen-bond donors (Lipinski definition) is 1. The fourth-order valence-corrected chi connectivity index (χ4v) is 1.33. The van der Waals surface area contributed by atoms with Crippen molar-refractivity contribution in [3.8, 4) is 0 Å². The highest BCUT2D eigenvalue weighted by Gasteiger charge is 1.96. The van der Waals surface area contributed by atoms with E-state index in [1.807, 2.05) is 43.5 Å². The fourth-order valence-electron chi connectivity index (χ4n) is 1.33. The van der Waals surface area contributed by atoms with Gasteiger partial charge in [-0.15, -0.1) is 0 Å². The number of nitrogens with zero attached hydrogens (tertiary/aromatic N) is 2. The van der Waals surface area contributed by atoms with Crippen LogP contribution in [0.3, 0.4) is 0 Å². The van der Waals surface area contributed by atoms with Crippen molar-refractivity contribution in [3.63, 3.8) is 0 Å². The van der Waals surface area contributed by atoms with Gasteiger partial charge in [0.25, 0.3) is 0 Å². The highest BCUT2D eigenvalue weighted by Crippen LogP contribution is 2.01. The van der Waals surface area contributed by atoms with Crippen LogP contribution in [0.1, 0.15) is 18.3 Å². The standard InChI is InChI=1S/C12H13N3/c1-10(12-6-4-8-14-12)15-9-11-5-2-3-7-13-11/h2-8,14H,9H2,1H3. The van der Waals surface area contributed by atoms with Crippen molar-refractivity contribution in [3.05, 3.63) is 54.1 Å². The van der Waals surface area contributed by atoms with Crippen LogP contribution in [0.4, 0.5) is 0 Å². The van der Waals surface area contributed by atoms with Crippen LogP contribution in [-0.2, 0) is 6.54 Å². The number of hydrogen-bond acceptors (Lipinski definition) is 2. The van der Waals surface area contributed by atoms with E-state index in [9.17, 15) is 0 Å². The number of aliphatic imine (C=N–C) groups is 1. The summed E-state index contributed by atoms with van der Waals surface area (Å²) in [5, 5.41) is 0. The molecule has 2 aromatic heterocycles. The van der Waals surface area contributed by atoms with Crippen molar-refractivity contribution in [2.45, 2.75) is 13.5 Å². The Kier molecular flexibility index (Phi) is 2.93. The number of pyridine rings is 1. The molecule has 0 aromatic carbocycles. The third-order valence-electron chi connectivity index (χ3n) is 2.19. The van der Waals surface area contributed by atoms with Crippen molar-refractivity contribution in [1.29, 1.82) is 0 Å². The quantitative estimate of drug-likeness (QED) is 0.758. The van der Waals surface area contributed by atoms with Crippen molar-refractivity contribution >= 4 is 5.71 Å². The Morgan fingerprint density at radius 1 is 1.33 bits per heavy atom. The molecule has 2 heterocycles. The lowest BCUT2D eigenvalue weighted by Crippen LogP contribution is -1.96. The van der Waals surface area contributed by atoms with Gasteiger partial charge in [-0.05, 0) is 31.2 Å². The van der Waals surface area contributed by atoms with Crippen LogP contribution in [0.5, 0.6) is 0 Å². The minimum Gasteiger partial charge on any atom is -0.360 e. The third-order valence-corrected chi connectivity index (χ3v) is 2.19. The minimum absolute atomic E-state index is 0.631. The van der Waals surface area contributed by atoms with E-state index in [2.05, 4.69) is 15.0 Å². The minimum atomic E-state index is 0.631. The summed E-state index contributed by atoms with van der Waals surface area (Å²) in [6.07, 6.45) is 3.68. The summed E-state index contributed by atoms with van der Waals surface area (Å²) < 4.78 is 0. The largest absolute Gasteiger partial charge is 0.360 e. The van der Waals surface area contributed by atoms with Gasteiger partial charge in [-0.1, -0.05) is 6.07 Å². The smallest absolute Gasteiger partial charge is 0.0815 e. The molecular weight excluding hydrogens is 186 g/mol. The van der Waals surface area contributed by atoms with Crippen molar-refractivity contribution < 1.29 is 0 Å². The van der Waals surface area contributed by atoms with Gasteiger partial charge < -0.3 is 4.98 Å². The Morgan fingerprint density at radius 2 is 2.27 bits per heavy atom. The first kappa shape index (κ1) is 9.65. The van der Waals surface area contributed by atoms with Gasteiger partial charge in [-0.25, -0.2) is 0 Å². The lowest BCUT2D eigenvalue weighted by Gasteiger charge is -1.98. The maximum Gasteiger partial charge on any atom is 0.0815 e. The molecule has 0 bridgehead atoms. The van der Waals surface area contributed by atoms with Crippen molar-refractivity contribution in [2.24, 2.45) is 4.99 Å². The first-order valence-corrected chi connectivity index (χ1v) is 4.91. The molecule has 15 heavy (non-hydrogen) atoms. The molecule has 0 saturated heterocycles. The number of H-pyrrole nitrogens is 1. The summed E-state index contributed by atoms with van der Waals surface area (Å²) >= 11 is 0. The molecule has 0 aliphatic heterocycles.